The van der Waals surface area contributed by atoms with Gasteiger partial charge in [0.15, 0.2) is 9.84 Å². The highest BCUT2D eigenvalue weighted by molar-refractivity contribution is 7.90. The van der Waals surface area contributed by atoms with Gasteiger partial charge in [0.25, 0.3) is 0 Å². The summed E-state index contributed by atoms with van der Waals surface area (Å²) in [6.07, 6.45) is 0.502. The maximum Gasteiger partial charge on any atom is 0.154 e. The molecule has 0 atom stereocenters. The van der Waals surface area contributed by atoms with E-state index in [-0.39, 0.29) is 22.6 Å². The van der Waals surface area contributed by atoms with Crippen LogP contribution in [0.15, 0.2) is 18.2 Å². The summed E-state index contributed by atoms with van der Waals surface area (Å²) >= 11 is 0. The molecule has 1 aromatic rings. The van der Waals surface area contributed by atoms with E-state index in [1.54, 1.807) is 13.0 Å². The summed E-state index contributed by atoms with van der Waals surface area (Å²) < 4.78 is 36.6. The molecule has 1 rings (SSSR count). The van der Waals surface area contributed by atoms with E-state index in [1.807, 2.05) is 0 Å². The highest BCUT2D eigenvalue weighted by atomic mass is 32.2. The molecule has 16 heavy (non-hydrogen) atoms. The lowest BCUT2D eigenvalue weighted by molar-refractivity contribution is 0.585. The van der Waals surface area contributed by atoms with Gasteiger partial charge in [-0.2, -0.15) is 5.26 Å². The third-order valence-corrected chi connectivity index (χ3v) is 3.87. The number of hydrogen-bond donors (Lipinski definition) is 0. The van der Waals surface area contributed by atoms with Crippen molar-refractivity contribution in [3.05, 3.63) is 35.1 Å². The first-order chi connectivity index (χ1) is 7.50. The molecule has 0 aliphatic carbocycles. The first-order valence-electron chi connectivity index (χ1n) is 4.88. The Morgan fingerprint density at radius 2 is 2.12 bits per heavy atom. The van der Waals surface area contributed by atoms with Crippen molar-refractivity contribution in [2.75, 3.05) is 5.75 Å². The maximum atomic E-state index is 13.6. The fourth-order valence-electron chi connectivity index (χ4n) is 1.40. The Balaban J connectivity index is 3.04. The predicted octanol–water partition coefficient (Wildman–Crippen LogP) is 2.02. The standard InChI is InChI=1S/C11H12FNO2S/c1-2-6-16(14,15)8-10-5-3-4-9(7-13)11(10)12/h3-5H,2,6,8H2,1H3. The van der Waals surface area contributed by atoms with Crippen LogP contribution < -0.4 is 0 Å². The molecule has 0 heterocycles. The minimum absolute atomic E-state index is 0.0310. The summed E-state index contributed by atoms with van der Waals surface area (Å²) in [6, 6.07) is 5.89. The number of benzene rings is 1. The molecule has 0 amide bonds. The molecule has 0 aliphatic rings. The van der Waals surface area contributed by atoms with Crippen molar-refractivity contribution < 1.29 is 12.8 Å². The van der Waals surface area contributed by atoms with Crippen LogP contribution in [0.3, 0.4) is 0 Å². The summed E-state index contributed by atoms with van der Waals surface area (Å²) in [4.78, 5) is 0. The fraction of sp³-hybridized carbons (Fsp3) is 0.364. The van der Waals surface area contributed by atoms with Gasteiger partial charge in [-0.3, -0.25) is 0 Å². The monoisotopic (exact) mass is 241 g/mol. The van der Waals surface area contributed by atoms with Gasteiger partial charge in [-0.1, -0.05) is 19.1 Å². The van der Waals surface area contributed by atoms with Crippen molar-refractivity contribution in [1.82, 2.24) is 0 Å². The van der Waals surface area contributed by atoms with Gasteiger partial charge in [0.1, 0.15) is 11.9 Å². The molecule has 0 saturated heterocycles. The third-order valence-electron chi connectivity index (χ3n) is 2.09. The van der Waals surface area contributed by atoms with E-state index in [9.17, 15) is 12.8 Å². The van der Waals surface area contributed by atoms with Crippen LogP contribution in [0, 0.1) is 17.1 Å². The van der Waals surface area contributed by atoms with Gasteiger partial charge in [-0.15, -0.1) is 0 Å². The molecule has 0 N–H and O–H groups in total. The van der Waals surface area contributed by atoms with Crippen LogP contribution in [0.2, 0.25) is 0 Å². The van der Waals surface area contributed by atoms with E-state index in [4.69, 9.17) is 5.26 Å². The molecule has 0 aromatic heterocycles. The second-order valence-corrected chi connectivity index (χ2v) is 5.67. The summed E-state index contributed by atoms with van der Waals surface area (Å²) in [5, 5.41) is 8.61. The lowest BCUT2D eigenvalue weighted by Gasteiger charge is -2.05. The molecule has 0 saturated carbocycles. The normalized spacial score (nSPS) is 11.1. The highest BCUT2D eigenvalue weighted by Gasteiger charge is 2.15. The Hall–Kier alpha value is -1.41. The Morgan fingerprint density at radius 1 is 1.44 bits per heavy atom. The zero-order valence-electron chi connectivity index (χ0n) is 8.90. The predicted molar refractivity (Wildman–Crippen MR) is 58.9 cm³/mol. The van der Waals surface area contributed by atoms with Crippen LogP contribution in [0.4, 0.5) is 4.39 Å². The lowest BCUT2D eigenvalue weighted by atomic mass is 10.1. The minimum atomic E-state index is -3.28. The molecule has 0 aliphatic heterocycles. The van der Waals surface area contributed by atoms with Crippen LogP contribution in [0.25, 0.3) is 0 Å². The van der Waals surface area contributed by atoms with Crippen molar-refractivity contribution in [3.8, 4) is 6.07 Å². The van der Waals surface area contributed by atoms with Crippen LogP contribution in [-0.2, 0) is 15.6 Å². The first-order valence-corrected chi connectivity index (χ1v) is 6.70. The smallest absolute Gasteiger partial charge is 0.154 e. The third kappa shape index (κ3) is 3.04. The summed E-state index contributed by atoms with van der Waals surface area (Å²) in [5.74, 6) is -1.05. The Morgan fingerprint density at radius 3 is 2.69 bits per heavy atom. The maximum absolute atomic E-state index is 13.6. The number of hydrogen-bond acceptors (Lipinski definition) is 3. The molecule has 86 valence electrons. The molecule has 1 aromatic carbocycles. The number of rotatable bonds is 4. The molecule has 0 spiro atoms. The number of nitrogens with zero attached hydrogens (tertiary/aromatic N) is 1. The van der Waals surface area contributed by atoms with Gasteiger partial charge in [0, 0.05) is 5.56 Å². The van der Waals surface area contributed by atoms with E-state index in [0.717, 1.165) is 0 Å². The van der Waals surface area contributed by atoms with Gasteiger partial charge in [-0.05, 0) is 12.5 Å². The zero-order chi connectivity index (χ0) is 12.2. The van der Waals surface area contributed by atoms with Crippen molar-refractivity contribution >= 4 is 9.84 Å². The van der Waals surface area contributed by atoms with Crippen LogP contribution in [0.5, 0.6) is 0 Å². The van der Waals surface area contributed by atoms with Crippen LogP contribution in [0.1, 0.15) is 24.5 Å². The molecule has 5 heteroatoms. The molecular formula is C11H12FNO2S. The minimum Gasteiger partial charge on any atom is -0.228 e. The molecule has 0 unspecified atom stereocenters. The molecule has 3 nitrogen and oxygen atoms in total. The van der Waals surface area contributed by atoms with Gasteiger partial charge in [-0.25, -0.2) is 12.8 Å². The number of sulfone groups is 1. The van der Waals surface area contributed by atoms with E-state index in [1.165, 1.54) is 18.2 Å². The van der Waals surface area contributed by atoms with Crippen LogP contribution in [-0.4, -0.2) is 14.2 Å². The van der Waals surface area contributed by atoms with Crippen molar-refractivity contribution in [3.63, 3.8) is 0 Å². The highest BCUT2D eigenvalue weighted by Crippen LogP contribution is 2.15. The quantitative estimate of drug-likeness (QED) is 0.810. The van der Waals surface area contributed by atoms with Gasteiger partial charge in [0.2, 0.25) is 0 Å². The van der Waals surface area contributed by atoms with E-state index in [0.29, 0.717) is 6.42 Å². The summed E-state index contributed by atoms with van der Waals surface area (Å²) in [7, 11) is -3.28. The van der Waals surface area contributed by atoms with Crippen molar-refractivity contribution in [1.29, 1.82) is 5.26 Å². The second kappa shape index (κ2) is 5.08. The van der Waals surface area contributed by atoms with E-state index >= 15 is 0 Å². The second-order valence-electron chi connectivity index (χ2n) is 3.48. The van der Waals surface area contributed by atoms with Gasteiger partial charge < -0.3 is 0 Å². The van der Waals surface area contributed by atoms with Gasteiger partial charge >= 0.3 is 0 Å². The van der Waals surface area contributed by atoms with Crippen molar-refractivity contribution in [2.24, 2.45) is 0 Å². The average molecular weight is 241 g/mol. The first kappa shape index (κ1) is 12.7. The average Bonchev–Trinajstić information content (AvgIpc) is 2.21. The molecular weight excluding hydrogens is 229 g/mol. The molecule has 0 bridgehead atoms. The van der Waals surface area contributed by atoms with E-state index < -0.39 is 15.7 Å². The Bertz CT molecular complexity index is 517. The number of halogens is 1. The number of nitriles is 1. The van der Waals surface area contributed by atoms with E-state index in [2.05, 4.69) is 0 Å². The molecule has 0 radical (unpaired) electrons. The summed E-state index contributed by atoms with van der Waals surface area (Å²) in [5.41, 5.74) is -0.0586. The van der Waals surface area contributed by atoms with Gasteiger partial charge in [0.05, 0.1) is 17.1 Å². The zero-order valence-corrected chi connectivity index (χ0v) is 9.72. The molecule has 0 fully saturated rings. The van der Waals surface area contributed by atoms with Crippen LogP contribution >= 0.6 is 0 Å². The largest absolute Gasteiger partial charge is 0.228 e. The fourth-order valence-corrected chi connectivity index (χ4v) is 2.86. The summed E-state index contributed by atoms with van der Waals surface area (Å²) in [6.45, 7) is 1.75. The SMILES string of the molecule is CCCS(=O)(=O)Cc1cccc(C#N)c1F. The Labute approximate surface area is 94.4 Å². The lowest BCUT2D eigenvalue weighted by Crippen LogP contribution is -2.10. The Kier molecular flexibility index (Phi) is 4.02. The van der Waals surface area contributed by atoms with Crippen molar-refractivity contribution in [2.45, 2.75) is 19.1 Å². The topological polar surface area (TPSA) is 57.9 Å².